The van der Waals surface area contributed by atoms with Crippen molar-refractivity contribution >= 4 is 11.8 Å². The van der Waals surface area contributed by atoms with Gasteiger partial charge in [-0.25, -0.2) is 0 Å². The number of likely N-dealkylation sites (tertiary alicyclic amines) is 1. The Bertz CT molecular complexity index is 743. The fourth-order valence-corrected chi connectivity index (χ4v) is 6.18. The number of rotatable bonds is 2. The van der Waals surface area contributed by atoms with Crippen LogP contribution in [0.5, 0.6) is 0 Å². The smallest absolute Gasteiger partial charge is 0.233 e. The summed E-state index contributed by atoms with van der Waals surface area (Å²) < 4.78 is 5.63. The number of amides is 2. The molecule has 5 rings (SSSR count). The van der Waals surface area contributed by atoms with E-state index in [1.165, 1.54) is 6.42 Å². The molecule has 0 spiro atoms. The van der Waals surface area contributed by atoms with Gasteiger partial charge in [0.25, 0.3) is 0 Å². The Morgan fingerprint density at radius 1 is 1.07 bits per heavy atom. The van der Waals surface area contributed by atoms with Crippen LogP contribution in [-0.4, -0.2) is 60.5 Å². The van der Waals surface area contributed by atoms with Crippen LogP contribution < -0.4 is 0 Å². The summed E-state index contributed by atoms with van der Waals surface area (Å²) in [6, 6.07) is 10.6. The van der Waals surface area contributed by atoms with E-state index in [4.69, 9.17) is 4.74 Å². The van der Waals surface area contributed by atoms with E-state index >= 15 is 0 Å². The van der Waals surface area contributed by atoms with Crippen molar-refractivity contribution in [2.45, 2.75) is 50.0 Å². The van der Waals surface area contributed by atoms with Crippen molar-refractivity contribution < 1.29 is 14.3 Å². The van der Waals surface area contributed by atoms with Gasteiger partial charge in [-0.15, -0.1) is 0 Å². The maximum atomic E-state index is 13.9. The van der Waals surface area contributed by atoms with Crippen LogP contribution in [-0.2, 0) is 19.7 Å². The van der Waals surface area contributed by atoms with Crippen LogP contribution in [0.15, 0.2) is 30.3 Å². The summed E-state index contributed by atoms with van der Waals surface area (Å²) in [5, 5.41) is 0. The topological polar surface area (TPSA) is 49.9 Å². The molecular weight excluding hydrogens is 352 g/mol. The molecule has 2 bridgehead atoms. The van der Waals surface area contributed by atoms with E-state index in [-0.39, 0.29) is 5.91 Å². The zero-order valence-electron chi connectivity index (χ0n) is 16.5. The van der Waals surface area contributed by atoms with E-state index in [0.29, 0.717) is 43.4 Å². The minimum atomic E-state index is -0.451. The summed E-state index contributed by atoms with van der Waals surface area (Å²) in [7, 11) is 0. The van der Waals surface area contributed by atoms with Crippen molar-refractivity contribution in [3.05, 3.63) is 35.9 Å². The highest BCUT2D eigenvalue weighted by molar-refractivity contribution is 5.88. The molecule has 4 saturated heterocycles. The van der Waals surface area contributed by atoms with E-state index in [0.717, 1.165) is 50.9 Å². The van der Waals surface area contributed by atoms with Crippen LogP contribution in [0.3, 0.4) is 0 Å². The molecule has 150 valence electrons. The van der Waals surface area contributed by atoms with Crippen LogP contribution in [0, 0.1) is 11.8 Å². The Hall–Kier alpha value is -1.88. The summed E-state index contributed by atoms with van der Waals surface area (Å²) >= 11 is 0. The average Bonchev–Trinajstić information content (AvgIpc) is 2.75. The lowest BCUT2D eigenvalue weighted by molar-refractivity contribution is -0.153. The van der Waals surface area contributed by atoms with E-state index in [1.54, 1.807) is 0 Å². The van der Waals surface area contributed by atoms with Crippen molar-refractivity contribution in [2.75, 3.05) is 32.8 Å². The number of fused-ring (bicyclic) bond motifs is 4. The van der Waals surface area contributed by atoms with E-state index < -0.39 is 5.41 Å². The third-order valence-corrected chi connectivity index (χ3v) is 7.55. The van der Waals surface area contributed by atoms with E-state index in [1.807, 2.05) is 18.2 Å². The average molecular weight is 383 g/mol. The first kappa shape index (κ1) is 18.2. The first-order valence-electron chi connectivity index (χ1n) is 10.9. The number of hydrogen-bond acceptors (Lipinski definition) is 3. The maximum Gasteiger partial charge on any atom is 0.233 e. The fourth-order valence-electron chi connectivity index (χ4n) is 6.18. The molecule has 0 radical (unpaired) electrons. The maximum absolute atomic E-state index is 13.9. The normalized spacial score (nSPS) is 32.0. The Balaban J connectivity index is 1.41. The minimum Gasteiger partial charge on any atom is -0.381 e. The number of benzene rings is 1. The second kappa shape index (κ2) is 7.18. The van der Waals surface area contributed by atoms with Gasteiger partial charge in [-0.1, -0.05) is 30.3 Å². The fraction of sp³-hybridized carbons (Fsp3) is 0.652. The standard InChI is InChI=1S/C23H30N2O3/c26-21-8-4-7-20-18-13-17(15-25(20)21)14-24(16-18)22(27)23(9-11-28-12-10-23)19-5-2-1-3-6-19/h1-3,5-6,17-18,20H,4,7-16H2. The van der Waals surface area contributed by atoms with Gasteiger partial charge in [0.1, 0.15) is 0 Å². The predicted molar refractivity (Wildman–Crippen MR) is 106 cm³/mol. The van der Waals surface area contributed by atoms with Crippen LogP contribution in [0.25, 0.3) is 0 Å². The molecular formula is C23H30N2O3. The van der Waals surface area contributed by atoms with Gasteiger partial charge in [-0.2, -0.15) is 0 Å². The lowest BCUT2D eigenvalue weighted by Crippen LogP contribution is -2.63. The Kier molecular flexibility index (Phi) is 4.66. The van der Waals surface area contributed by atoms with Gasteiger partial charge in [0, 0.05) is 45.3 Å². The van der Waals surface area contributed by atoms with Gasteiger partial charge >= 0.3 is 0 Å². The van der Waals surface area contributed by atoms with Crippen LogP contribution >= 0.6 is 0 Å². The summed E-state index contributed by atoms with van der Waals surface area (Å²) in [5.41, 5.74) is 0.682. The summed E-state index contributed by atoms with van der Waals surface area (Å²) in [6.07, 6.45) is 5.49. The van der Waals surface area contributed by atoms with Gasteiger partial charge < -0.3 is 14.5 Å². The van der Waals surface area contributed by atoms with Crippen molar-refractivity contribution in [2.24, 2.45) is 11.8 Å². The molecule has 1 aromatic rings. The minimum absolute atomic E-state index is 0.285. The van der Waals surface area contributed by atoms with Crippen molar-refractivity contribution in [3.8, 4) is 0 Å². The second-order valence-electron chi connectivity index (χ2n) is 9.14. The largest absolute Gasteiger partial charge is 0.381 e. The highest BCUT2D eigenvalue weighted by atomic mass is 16.5. The molecule has 3 atom stereocenters. The molecule has 4 aliphatic heterocycles. The molecule has 3 unspecified atom stereocenters. The molecule has 1 aromatic carbocycles. The van der Waals surface area contributed by atoms with E-state index in [2.05, 4.69) is 21.9 Å². The molecule has 5 nitrogen and oxygen atoms in total. The predicted octanol–water partition coefficient (Wildman–Crippen LogP) is 2.59. The summed E-state index contributed by atoms with van der Waals surface area (Å²) in [4.78, 5) is 30.6. The number of ether oxygens (including phenoxy) is 1. The third-order valence-electron chi connectivity index (χ3n) is 7.55. The number of hydrogen-bond donors (Lipinski definition) is 0. The number of carbonyl (C=O) groups is 2. The zero-order valence-corrected chi connectivity index (χ0v) is 16.5. The molecule has 0 N–H and O–H groups in total. The Labute approximate surface area is 167 Å². The van der Waals surface area contributed by atoms with Crippen LogP contribution in [0.1, 0.15) is 44.1 Å². The van der Waals surface area contributed by atoms with Crippen molar-refractivity contribution in [3.63, 3.8) is 0 Å². The van der Waals surface area contributed by atoms with Crippen molar-refractivity contribution in [1.29, 1.82) is 0 Å². The highest BCUT2D eigenvalue weighted by Crippen LogP contribution is 2.42. The second-order valence-corrected chi connectivity index (χ2v) is 9.14. The number of carbonyl (C=O) groups excluding carboxylic acids is 2. The lowest BCUT2D eigenvalue weighted by atomic mass is 9.71. The lowest BCUT2D eigenvalue weighted by Gasteiger charge is -2.53. The quantitative estimate of drug-likeness (QED) is 0.790. The molecule has 28 heavy (non-hydrogen) atoms. The summed E-state index contributed by atoms with van der Waals surface area (Å²) in [5.74, 6) is 1.48. The van der Waals surface area contributed by atoms with Gasteiger partial charge in [0.2, 0.25) is 11.8 Å². The van der Waals surface area contributed by atoms with Crippen LogP contribution in [0.4, 0.5) is 0 Å². The molecule has 2 amide bonds. The molecule has 4 heterocycles. The molecule has 0 aliphatic carbocycles. The molecule has 0 aromatic heterocycles. The Morgan fingerprint density at radius 2 is 1.86 bits per heavy atom. The third kappa shape index (κ3) is 2.95. The van der Waals surface area contributed by atoms with Gasteiger partial charge in [0.05, 0.1) is 5.41 Å². The summed E-state index contributed by atoms with van der Waals surface area (Å²) in [6.45, 7) is 3.73. The van der Waals surface area contributed by atoms with Crippen LogP contribution in [0.2, 0.25) is 0 Å². The molecule has 5 heteroatoms. The van der Waals surface area contributed by atoms with Crippen molar-refractivity contribution in [1.82, 2.24) is 9.80 Å². The number of piperidine rings is 3. The number of nitrogens with zero attached hydrogens (tertiary/aromatic N) is 2. The molecule has 0 saturated carbocycles. The van der Waals surface area contributed by atoms with E-state index in [9.17, 15) is 9.59 Å². The highest BCUT2D eigenvalue weighted by Gasteiger charge is 2.49. The van der Waals surface area contributed by atoms with Gasteiger partial charge in [-0.3, -0.25) is 9.59 Å². The first-order chi connectivity index (χ1) is 13.7. The van der Waals surface area contributed by atoms with Gasteiger partial charge in [-0.05, 0) is 49.5 Å². The molecule has 4 aliphatic rings. The monoisotopic (exact) mass is 382 g/mol. The Morgan fingerprint density at radius 3 is 2.64 bits per heavy atom. The zero-order chi connectivity index (χ0) is 19.1. The molecule has 4 fully saturated rings. The van der Waals surface area contributed by atoms with Gasteiger partial charge in [0.15, 0.2) is 0 Å². The first-order valence-corrected chi connectivity index (χ1v) is 10.9. The SMILES string of the molecule is O=C1CCCC2C3CC(CN(C(=O)C4(c5ccccc5)CCOCC4)C3)CN12.